The zero-order valence-electron chi connectivity index (χ0n) is 11.0. The van der Waals surface area contributed by atoms with Crippen molar-refractivity contribution in [2.24, 2.45) is 11.1 Å². The van der Waals surface area contributed by atoms with E-state index in [2.05, 4.69) is 19.1 Å². The highest BCUT2D eigenvalue weighted by atomic mass is 16.3. The number of hydrogen-bond acceptors (Lipinski definition) is 2. The molecule has 0 bridgehead atoms. The number of rotatable bonds is 2. The summed E-state index contributed by atoms with van der Waals surface area (Å²) in [6.45, 7) is 2.31. The molecule has 1 aliphatic carbocycles. The van der Waals surface area contributed by atoms with Gasteiger partial charge in [0.2, 0.25) is 0 Å². The van der Waals surface area contributed by atoms with E-state index < -0.39 is 0 Å². The molecule has 18 heavy (non-hydrogen) atoms. The standard InChI is InChI=1S/C16H21NO/c1-16(9-5-2-6-10-16)15(17)14-11-12-7-3-4-8-13(12)18-14/h3-4,7-8,11,15H,2,5-6,9-10,17H2,1H3. The second-order valence-electron chi connectivity index (χ2n) is 5.88. The zero-order chi connectivity index (χ0) is 12.6. The molecule has 0 amide bonds. The van der Waals surface area contributed by atoms with E-state index in [0.717, 1.165) is 16.7 Å². The first-order chi connectivity index (χ1) is 8.69. The van der Waals surface area contributed by atoms with Crippen molar-refractivity contribution in [2.75, 3.05) is 0 Å². The Hall–Kier alpha value is -1.28. The predicted molar refractivity (Wildman–Crippen MR) is 74.3 cm³/mol. The Kier molecular flexibility index (Phi) is 2.90. The van der Waals surface area contributed by atoms with Gasteiger partial charge in [-0.15, -0.1) is 0 Å². The number of para-hydroxylation sites is 1. The fourth-order valence-corrected chi connectivity index (χ4v) is 3.17. The first kappa shape index (κ1) is 11.8. The smallest absolute Gasteiger partial charge is 0.134 e. The summed E-state index contributed by atoms with van der Waals surface area (Å²) in [6.07, 6.45) is 6.37. The summed E-state index contributed by atoms with van der Waals surface area (Å²) in [5, 5.41) is 1.15. The monoisotopic (exact) mass is 243 g/mol. The van der Waals surface area contributed by atoms with Gasteiger partial charge in [-0.1, -0.05) is 44.4 Å². The van der Waals surface area contributed by atoms with Gasteiger partial charge in [-0.2, -0.15) is 0 Å². The normalized spacial score (nSPS) is 21.0. The van der Waals surface area contributed by atoms with Gasteiger partial charge >= 0.3 is 0 Å². The average molecular weight is 243 g/mol. The Morgan fingerprint density at radius 1 is 1.17 bits per heavy atom. The van der Waals surface area contributed by atoms with E-state index in [0.29, 0.717) is 0 Å². The molecular weight excluding hydrogens is 222 g/mol. The van der Waals surface area contributed by atoms with Crippen LogP contribution in [0.25, 0.3) is 11.0 Å². The van der Waals surface area contributed by atoms with Crippen LogP contribution < -0.4 is 5.73 Å². The van der Waals surface area contributed by atoms with Crippen LogP contribution in [0.1, 0.15) is 50.8 Å². The lowest BCUT2D eigenvalue weighted by Gasteiger charge is -2.37. The quantitative estimate of drug-likeness (QED) is 0.849. The van der Waals surface area contributed by atoms with Crippen LogP contribution in [0.3, 0.4) is 0 Å². The van der Waals surface area contributed by atoms with Crippen LogP contribution in [0.4, 0.5) is 0 Å². The van der Waals surface area contributed by atoms with E-state index in [1.807, 2.05) is 18.2 Å². The van der Waals surface area contributed by atoms with Crippen LogP contribution in [-0.4, -0.2) is 0 Å². The van der Waals surface area contributed by atoms with Crippen molar-refractivity contribution < 1.29 is 4.42 Å². The Morgan fingerprint density at radius 2 is 1.89 bits per heavy atom. The highest BCUT2D eigenvalue weighted by Crippen LogP contribution is 2.45. The van der Waals surface area contributed by atoms with Gasteiger partial charge in [0.05, 0.1) is 6.04 Å². The fourth-order valence-electron chi connectivity index (χ4n) is 3.17. The minimum absolute atomic E-state index is 0.0187. The molecule has 1 aromatic carbocycles. The van der Waals surface area contributed by atoms with E-state index in [1.54, 1.807) is 0 Å². The molecule has 1 saturated carbocycles. The number of nitrogens with two attached hydrogens (primary N) is 1. The molecule has 1 atom stereocenters. The summed E-state index contributed by atoms with van der Waals surface area (Å²) in [5.41, 5.74) is 7.62. The first-order valence-electron chi connectivity index (χ1n) is 6.93. The van der Waals surface area contributed by atoms with E-state index in [-0.39, 0.29) is 11.5 Å². The lowest BCUT2D eigenvalue weighted by atomic mass is 9.70. The highest BCUT2D eigenvalue weighted by Gasteiger charge is 2.35. The number of hydrogen-bond donors (Lipinski definition) is 1. The molecule has 2 heteroatoms. The Morgan fingerprint density at radius 3 is 2.61 bits per heavy atom. The van der Waals surface area contributed by atoms with E-state index in [1.165, 1.54) is 32.1 Å². The highest BCUT2D eigenvalue weighted by molar-refractivity contribution is 5.77. The molecule has 3 rings (SSSR count). The SMILES string of the molecule is CC1(C(N)c2cc3ccccc3o2)CCCCC1. The topological polar surface area (TPSA) is 39.2 Å². The van der Waals surface area contributed by atoms with Gasteiger partial charge in [0.25, 0.3) is 0 Å². The molecule has 1 fully saturated rings. The van der Waals surface area contributed by atoms with Gasteiger partial charge in [-0.25, -0.2) is 0 Å². The second kappa shape index (κ2) is 4.43. The van der Waals surface area contributed by atoms with Gasteiger partial charge in [0.15, 0.2) is 0 Å². The second-order valence-corrected chi connectivity index (χ2v) is 5.88. The Balaban J connectivity index is 1.93. The van der Waals surface area contributed by atoms with Gasteiger partial charge < -0.3 is 10.2 Å². The zero-order valence-corrected chi connectivity index (χ0v) is 11.0. The van der Waals surface area contributed by atoms with Crippen LogP contribution in [0, 0.1) is 5.41 Å². The number of furan rings is 1. The third-order valence-corrected chi connectivity index (χ3v) is 4.50. The summed E-state index contributed by atoms with van der Waals surface area (Å²) in [6, 6.07) is 10.3. The minimum atomic E-state index is 0.0187. The molecule has 0 aliphatic heterocycles. The molecular formula is C16H21NO. The van der Waals surface area contributed by atoms with Crippen molar-refractivity contribution >= 4 is 11.0 Å². The number of fused-ring (bicyclic) bond motifs is 1. The van der Waals surface area contributed by atoms with E-state index >= 15 is 0 Å². The summed E-state index contributed by atoms with van der Waals surface area (Å²) < 4.78 is 5.92. The fraction of sp³-hybridized carbons (Fsp3) is 0.500. The molecule has 1 heterocycles. The van der Waals surface area contributed by atoms with Gasteiger partial charge in [0, 0.05) is 5.39 Å². The molecule has 0 spiro atoms. The minimum Gasteiger partial charge on any atom is -0.459 e. The summed E-state index contributed by atoms with van der Waals surface area (Å²) >= 11 is 0. The predicted octanol–water partition coefficient (Wildman–Crippen LogP) is 4.40. The molecule has 96 valence electrons. The lowest BCUT2D eigenvalue weighted by Crippen LogP contribution is -2.33. The average Bonchev–Trinajstić information content (AvgIpc) is 2.82. The van der Waals surface area contributed by atoms with Crippen LogP contribution in [0.15, 0.2) is 34.7 Å². The van der Waals surface area contributed by atoms with Crippen molar-refractivity contribution in [3.05, 3.63) is 36.1 Å². The lowest BCUT2D eigenvalue weighted by molar-refractivity contribution is 0.156. The maximum absolute atomic E-state index is 6.47. The van der Waals surface area contributed by atoms with Crippen molar-refractivity contribution in [3.63, 3.8) is 0 Å². The van der Waals surface area contributed by atoms with Gasteiger partial charge in [-0.3, -0.25) is 0 Å². The first-order valence-corrected chi connectivity index (χ1v) is 6.93. The molecule has 2 aromatic rings. The summed E-state index contributed by atoms with van der Waals surface area (Å²) in [5.74, 6) is 0.945. The van der Waals surface area contributed by atoms with Gasteiger partial charge in [-0.05, 0) is 30.4 Å². The van der Waals surface area contributed by atoms with E-state index in [9.17, 15) is 0 Å². The molecule has 2 nitrogen and oxygen atoms in total. The molecule has 1 unspecified atom stereocenters. The largest absolute Gasteiger partial charge is 0.459 e. The number of benzene rings is 1. The molecule has 0 saturated heterocycles. The van der Waals surface area contributed by atoms with Crippen LogP contribution in [0.5, 0.6) is 0 Å². The Labute approximate surface area is 108 Å². The molecule has 1 aromatic heterocycles. The van der Waals surface area contributed by atoms with Crippen molar-refractivity contribution in [3.8, 4) is 0 Å². The third-order valence-electron chi connectivity index (χ3n) is 4.50. The van der Waals surface area contributed by atoms with Crippen molar-refractivity contribution in [1.29, 1.82) is 0 Å². The summed E-state index contributed by atoms with van der Waals surface area (Å²) in [7, 11) is 0. The molecule has 1 aliphatic rings. The molecule has 2 N–H and O–H groups in total. The van der Waals surface area contributed by atoms with Crippen LogP contribution in [0.2, 0.25) is 0 Å². The molecule has 0 radical (unpaired) electrons. The Bertz CT molecular complexity index is 504. The van der Waals surface area contributed by atoms with Crippen LogP contribution in [-0.2, 0) is 0 Å². The maximum atomic E-state index is 6.47. The van der Waals surface area contributed by atoms with E-state index in [4.69, 9.17) is 10.2 Å². The van der Waals surface area contributed by atoms with Crippen LogP contribution >= 0.6 is 0 Å². The van der Waals surface area contributed by atoms with Gasteiger partial charge in [0.1, 0.15) is 11.3 Å². The third kappa shape index (κ3) is 1.95. The summed E-state index contributed by atoms with van der Waals surface area (Å²) in [4.78, 5) is 0. The van der Waals surface area contributed by atoms with Crippen molar-refractivity contribution in [2.45, 2.75) is 45.1 Å². The van der Waals surface area contributed by atoms with Crippen molar-refractivity contribution in [1.82, 2.24) is 0 Å². The maximum Gasteiger partial charge on any atom is 0.134 e.